The lowest BCUT2D eigenvalue weighted by Gasteiger charge is -2.24. The zero-order valence-electron chi connectivity index (χ0n) is 10.7. The van der Waals surface area contributed by atoms with Gasteiger partial charge in [0.25, 0.3) is 0 Å². The lowest BCUT2D eigenvalue weighted by Crippen LogP contribution is -2.49. The Morgan fingerprint density at radius 2 is 1.58 bits per heavy atom. The van der Waals surface area contributed by atoms with Gasteiger partial charge in [-0.2, -0.15) is 9.63 Å². The van der Waals surface area contributed by atoms with Gasteiger partial charge in [-0.3, -0.25) is 0 Å². The summed E-state index contributed by atoms with van der Waals surface area (Å²) >= 11 is 0. The first-order valence-corrected chi connectivity index (χ1v) is 5.97. The third-order valence-corrected chi connectivity index (χ3v) is 2.95. The SMILES string of the molecule is C[N+](OCc1ccccc1)(C(=O)O)c1ccccc1. The number of benzene rings is 2. The summed E-state index contributed by atoms with van der Waals surface area (Å²) in [6.07, 6.45) is -1.05. The summed E-state index contributed by atoms with van der Waals surface area (Å²) in [4.78, 5) is 17.1. The molecule has 4 heteroatoms. The van der Waals surface area contributed by atoms with Gasteiger partial charge in [0.15, 0.2) is 5.69 Å². The van der Waals surface area contributed by atoms with E-state index in [2.05, 4.69) is 0 Å². The van der Waals surface area contributed by atoms with Crippen LogP contribution in [0.15, 0.2) is 60.7 Å². The summed E-state index contributed by atoms with van der Waals surface area (Å²) in [6.45, 7) is 0.235. The van der Waals surface area contributed by atoms with Crippen LogP contribution < -0.4 is 4.65 Å². The van der Waals surface area contributed by atoms with Crippen molar-refractivity contribution in [2.75, 3.05) is 7.05 Å². The van der Waals surface area contributed by atoms with E-state index in [1.54, 1.807) is 24.3 Å². The smallest absolute Gasteiger partial charge is 0.433 e. The van der Waals surface area contributed by atoms with E-state index in [4.69, 9.17) is 4.84 Å². The number of nitrogens with zero attached hydrogens (tertiary/aromatic N) is 1. The van der Waals surface area contributed by atoms with E-state index in [1.165, 1.54) is 7.05 Å². The Bertz CT molecular complexity index is 542. The van der Waals surface area contributed by atoms with Crippen LogP contribution in [0.5, 0.6) is 0 Å². The van der Waals surface area contributed by atoms with Crippen molar-refractivity contribution in [2.45, 2.75) is 6.61 Å². The van der Waals surface area contributed by atoms with Gasteiger partial charge in [-0.25, -0.2) is 0 Å². The number of hydroxylamine groups is 2. The summed E-state index contributed by atoms with van der Waals surface area (Å²) in [7, 11) is 1.51. The van der Waals surface area contributed by atoms with Gasteiger partial charge in [-0.1, -0.05) is 53.2 Å². The molecule has 0 aliphatic carbocycles. The van der Waals surface area contributed by atoms with E-state index < -0.39 is 10.7 Å². The molecule has 0 spiro atoms. The molecule has 0 saturated carbocycles. The Hall–Kier alpha value is -2.17. The average Bonchev–Trinajstić information content (AvgIpc) is 2.46. The fourth-order valence-corrected chi connectivity index (χ4v) is 1.73. The molecule has 0 heterocycles. The summed E-state index contributed by atoms with van der Waals surface area (Å²) in [6, 6.07) is 18.4. The third kappa shape index (κ3) is 2.99. The highest BCUT2D eigenvalue weighted by Gasteiger charge is 2.37. The highest BCUT2D eigenvalue weighted by molar-refractivity contribution is 5.78. The normalized spacial score (nSPS) is 13.7. The molecule has 0 aliphatic heterocycles. The summed E-state index contributed by atoms with van der Waals surface area (Å²) < 4.78 is -0.601. The van der Waals surface area contributed by atoms with Gasteiger partial charge in [0.05, 0.1) is 0 Å². The molecule has 0 fully saturated rings. The quantitative estimate of drug-likeness (QED) is 0.675. The number of amides is 1. The molecule has 1 unspecified atom stereocenters. The monoisotopic (exact) mass is 258 g/mol. The molecule has 0 aliphatic rings. The highest BCUT2D eigenvalue weighted by atomic mass is 16.7. The minimum Gasteiger partial charge on any atom is -0.433 e. The zero-order valence-corrected chi connectivity index (χ0v) is 10.7. The molecule has 98 valence electrons. The van der Waals surface area contributed by atoms with Gasteiger partial charge in [0.1, 0.15) is 13.7 Å². The van der Waals surface area contributed by atoms with Crippen LogP contribution in [0, 0.1) is 0 Å². The Morgan fingerprint density at radius 3 is 2.11 bits per heavy atom. The molecule has 0 radical (unpaired) electrons. The Kier molecular flexibility index (Phi) is 3.94. The fraction of sp³-hybridized carbons (Fsp3) is 0.133. The first-order valence-electron chi connectivity index (χ1n) is 5.97. The highest BCUT2D eigenvalue weighted by Crippen LogP contribution is 2.22. The molecule has 1 amide bonds. The number of rotatable bonds is 4. The first kappa shape index (κ1) is 13.3. The molecule has 2 aromatic carbocycles. The van der Waals surface area contributed by atoms with Gasteiger partial charge < -0.3 is 5.11 Å². The van der Waals surface area contributed by atoms with Crippen molar-refractivity contribution in [3.63, 3.8) is 0 Å². The molecule has 1 N–H and O–H groups in total. The van der Waals surface area contributed by atoms with E-state index in [1.807, 2.05) is 36.4 Å². The molecule has 0 aromatic heterocycles. The number of hydrogen-bond donors (Lipinski definition) is 1. The maximum atomic E-state index is 11.5. The number of carboxylic acid groups (broad SMARTS) is 1. The van der Waals surface area contributed by atoms with Crippen LogP contribution in [0.1, 0.15) is 5.56 Å². The Labute approximate surface area is 112 Å². The molecule has 0 saturated heterocycles. The zero-order chi connectivity index (χ0) is 13.7. The van der Waals surface area contributed by atoms with Crippen molar-refractivity contribution in [3.05, 3.63) is 66.2 Å². The van der Waals surface area contributed by atoms with Gasteiger partial charge in [0.2, 0.25) is 0 Å². The van der Waals surface area contributed by atoms with Gasteiger partial charge in [0, 0.05) is 12.1 Å². The third-order valence-electron chi connectivity index (χ3n) is 2.95. The molecular weight excluding hydrogens is 242 g/mol. The standard InChI is InChI=1S/C15H15NO3/c1-16(15(17)18,14-10-6-3-7-11-14)19-12-13-8-4-2-5-9-13/h2-11H,12H2,1H3/p+1. The molecule has 4 nitrogen and oxygen atoms in total. The summed E-state index contributed by atoms with van der Waals surface area (Å²) in [5, 5.41) is 9.41. The second-order valence-corrected chi connectivity index (χ2v) is 4.30. The molecular formula is C15H16NO3+. The number of quaternary nitrogens is 1. The second kappa shape index (κ2) is 5.65. The molecule has 1 atom stereocenters. The van der Waals surface area contributed by atoms with E-state index in [-0.39, 0.29) is 6.61 Å². The van der Waals surface area contributed by atoms with E-state index in [0.717, 1.165) is 5.56 Å². The van der Waals surface area contributed by atoms with Gasteiger partial charge in [-0.15, -0.1) is 0 Å². The fourth-order valence-electron chi connectivity index (χ4n) is 1.73. The molecule has 0 bridgehead atoms. The lowest BCUT2D eigenvalue weighted by molar-refractivity contribution is -0.114. The Balaban J connectivity index is 2.19. The minimum absolute atomic E-state index is 0.235. The van der Waals surface area contributed by atoms with Crippen LogP contribution in [0.3, 0.4) is 0 Å². The van der Waals surface area contributed by atoms with Gasteiger partial charge >= 0.3 is 6.09 Å². The summed E-state index contributed by atoms with van der Waals surface area (Å²) in [5.74, 6) is 0. The van der Waals surface area contributed by atoms with E-state index >= 15 is 0 Å². The van der Waals surface area contributed by atoms with Crippen LogP contribution in [0.2, 0.25) is 0 Å². The minimum atomic E-state index is -1.05. The van der Waals surface area contributed by atoms with Crippen molar-refractivity contribution >= 4 is 11.8 Å². The maximum Gasteiger partial charge on any atom is 0.552 e. The predicted octanol–water partition coefficient (Wildman–Crippen LogP) is 3.43. The Morgan fingerprint density at radius 1 is 1.05 bits per heavy atom. The average molecular weight is 258 g/mol. The largest absolute Gasteiger partial charge is 0.552 e. The van der Waals surface area contributed by atoms with Crippen LogP contribution in [-0.2, 0) is 11.4 Å². The van der Waals surface area contributed by atoms with Crippen molar-refractivity contribution in [3.8, 4) is 0 Å². The van der Waals surface area contributed by atoms with Gasteiger partial charge in [-0.05, 0) is 5.56 Å². The lowest BCUT2D eigenvalue weighted by atomic mass is 10.2. The van der Waals surface area contributed by atoms with Crippen LogP contribution in [-0.4, -0.2) is 18.2 Å². The predicted molar refractivity (Wildman–Crippen MR) is 73.4 cm³/mol. The van der Waals surface area contributed by atoms with Crippen molar-refractivity contribution in [1.82, 2.24) is 4.65 Å². The second-order valence-electron chi connectivity index (χ2n) is 4.30. The first-order chi connectivity index (χ1) is 9.13. The topological polar surface area (TPSA) is 46.5 Å². The number of carbonyl (C=O) groups is 1. The molecule has 2 aromatic rings. The number of hydrogen-bond acceptors (Lipinski definition) is 2. The van der Waals surface area contributed by atoms with Crippen LogP contribution >= 0.6 is 0 Å². The molecule has 2 rings (SSSR count). The van der Waals surface area contributed by atoms with E-state index in [0.29, 0.717) is 5.69 Å². The molecule has 19 heavy (non-hydrogen) atoms. The van der Waals surface area contributed by atoms with Crippen LogP contribution in [0.4, 0.5) is 10.5 Å². The van der Waals surface area contributed by atoms with E-state index in [9.17, 15) is 9.90 Å². The summed E-state index contributed by atoms with van der Waals surface area (Å²) in [5.41, 5.74) is 1.51. The number of para-hydroxylation sites is 1. The van der Waals surface area contributed by atoms with Crippen molar-refractivity contribution in [1.29, 1.82) is 0 Å². The van der Waals surface area contributed by atoms with Crippen molar-refractivity contribution in [2.24, 2.45) is 0 Å². The maximum absolute atomic E-state index is 11.5. The van der Waals surface area contributed by atoms with Crippen molar-refractivity contribution < 1.29 is 14.7 Å². The van der Waals surface area contributed by atoms with Crippen LogP contribution in [0.25, 0.3) is 0 Å².